The average Bonchev–Trinajstić information content (AvgIpc) is 0. The molecule has 19 heteroatoms. The Kier molecular flexibility index (Phi) is 11600. The number of nitrogens with zero attached hydrogens (tertiary/aromatic N) is 10. The molecule has 0 bridgehead atoms. The fraction of sp³-hybridized carbons (Fsp3) is 0. The molecule has 0 heterocycles. The molecule has 0 aromatic rings. The van der Waals surface area contributed by atoms with Crippen LogP contribution in [0.25, 0.3) is 61.5 Å². The summed E-state index contributed by atoms with van der Waals surface area (Å²) in [7, 11) is 0. The molecule has 0 amide bonds. The third-order valence-electron chi connectivity index (χ3n) is 0. The van der Waals surface area contributed by atoms with Gasteiger partial charge in [-0.15, -0.1) is 0 Å². The van der Waals surface area contributed by atoms with Crippen molar-refractivity contribution >= 4 is 111 Å². The zero-order chi connectivity index (χ0) is 0. The SMILES string of the molecule is [Al+3].[Al+3].[Al+3].[Ga+3].[Ga+3].[Ga+3].[Ir+4].[Ir+4].[Ir+4].[N-3].[N-3].[N-3].[N-3].[N-3].[N-3].[N-3].[N-3].[N-3].[N-3]. The average molecular weight is 1010 g/mol. The summed E-state index contributed by atoms with van der Waals surface area (Å²) in [4.78, 5) is 0. The Morgan fingerprint density at radius 3 is 0.211 bits per heavy atom. The molecule has 0 aromatic heterocycles. The van der Waals surface area contributed by atoms with Crippen molar-refractivity contribution in [2.45, 2.75) is 0 Å². The standard InChI is InChI=1S/3Al.3Ga.3Ir.10N/q6*+3;3*+4;10*-3. The molecule has 95 valence electrons. The molecule has 0 rings (SSSR count). The van der Waals surface area contributed by atoms with Crippen LogP contribution >= 0.6 is 0 Å². The van der Waals surface area contributed by atoms with E-state index in [2.05, 4.69) is 0 Å². The van der Waals surface area contributed by atoms with Gasteiger partial charge in [0.05, 0.1) is 0 Å². The predicted molar refractivity (Wildman–Crippen MR) is 68.1 cm³/mol. The van der Waals surface area contributed by atoms with Gasteiger partial charge >= 0.3 is 172 Å². The van der Waals surface area contributed by atoms with E-state index in [0.29, 0.717) is 0 Å². The molecule has 0 saturated carbocycles. The molecular weight excluding hydrogens is 1010 g/mol. The van der Waals surface area contributed by atoms with Gasteiger partial charge < -0.3 is 61.5 Å². The molecular formula is Al3Ga3Ir3N10. The molecule has 3 radical (unpaired) electrons. The number of hydrogen-bond acceptors (Lipinski definition) is 0. The number of rotatable bonds is 0. The molecule has 0 spiro atoms. The summed E-state index contributed by atoms with van der Waals surface area (Å²) in [6.07, 6.45) is 0. The van der Waals surface area contributed by atoms with Gasteiger partial charge in [0.25, 0.3) is 0 Å². The van der Waals surface area contributed by atoms with E-state index in [1.807, 2.05) is 0 Å². The summed E-state index contributed by atoms with van der Waals surface area (Å²) in [5, 5.41) is 0. The first-order chi connectivity index (χ1) is 0. The maximum absolute atomic E-state index is 0. The van der Waals surface area contributed by atoms with Gasteiger partial charge in [0.1, 0.15) is 0 Å². The zero-order valence-corrected chi connectivity index (χ0v) is 26.9. The summed E-state index contributed by atoms with van der Waals surface area (Å²) >= 11 is 0. The predicted octanol–water partition coefficient (Wildman–Crippen LogP) is 0.595. The molecule has 0 saturated heterocycles. The van der Waals surface area contributed by atoms with Crippen molar-refractivity contribution in [3.63, 3.8) is 0 Å². The summed E-state index contributed by atoms with van der Waals surface area (Å²) < 4.78 is 0. The van der Waals surface area contributed by atoms with Gasteiger partial charge in [0.15, 0.2) is 0 Å². The largest absolute Gasteiger partial charge is 4.00 e. The fourth-order valence-corrected chi connectivity index (χ4v) is 0. The third-order valence-corrected chi connectivity index (χ3v) is 0. The minimum atomic E-state index is 0. The maximum atomic E-state index is 0. The first-order valence-electron chi connectivity index (χ1n) is 0. The van der Waals surface area contributed by atoms with Crippen LogP contribution in [0.3, 0.4) is 0 Å². The van der Waals surface area contributed by atoms with E-state index in [4.69, 9.17) is 0 Å². The van der Waals surface area contributed by atoms with Crippen LogP contribution in [0, 0.1) is 0 Å². The monoisotopic (exact) mass is 1010 g/mol. The summed E-state index contributed by atoms with van der Waals surface area (Å²) in [5.74, 6) is 0. The maximum Gasteiger partial charge on any atom is 4.00 e. The first kappa shape index (κ1) is 500. The summed E-state index contributed by atoms with van der Waals surface area (Å²) in [6, 6.07) is 0. The van der Waals surface area contributed by atoms with E-state index in [-0.39, 0.29) is 233 Å². The van der Waals surface area contributed by atoms with Gasteiger partial charge in [-0.1, -0.05) is 0 Å². The summed E-state index contributed by atoms with van der Waals surface area (Å²) in [6.45, 7) is 0. The smallest absolute Gasteiger partial charge is 3.00 e. The van der Waals surface area contributed by atoms with E-state index >= 15 is 0 Å². The molecule has 0 aromatic carbocycles. The van der Waals surface area contributed by atoms with Crippen LogP contribution in [0.15, 0.2) is 0 Å². The third kappa shape index (κ3) is 400. The van der Waals surface area contributed by atoms with Crippen LogP contribution in [0.1, 0.15) is 0 Å². The van der Waals surface area contributed by atoms with Crippen molar-refractivity contribution in [1.82, 2.24) is 0 Å². The quantitative estimate of drug-likeness (QED) is 0.301. The van der Waals surface area contributed by atoms with Gasteiger partial charge in [-0.3, -0.25) is 0 Å². The summed E-state index contributed by atoms with van der Waals surface area (Å²) in [5.41, 5.74) is 0. The van der Waals surface area contributed by atoms with Gasteiger partial charge in [-0.25, -0.2) is 0 Å². The van der Waals surface area contributed by atoms with Crippen LogP contribution < -0.4 is 0 Å². The fourth-order valence-electron chi connectivity index (χ4n) is 0. The van der Waals surface area contributed by atoms with Crippen molar-refractivity contribution in [1.29, 1.82) is 0 Å². The first-order valence-corrected chi connectivity index (χ1v) is 0. The molecule has 0 fully saturated rings. The Labute approximate surface area is 229 Å². The van der Waals surface area contributed by atoms with Gasteiger partial charge in [0.2, 0.25) is 0 Å². The minimum Gasteiger partial charge on any atom is -3.00 e. The molecule has 0 N–H and O–H groups in total. The molecule has 0 aliphatic rings. The van der Waals surface area contributed by atoms with Crippen LogP contribution in [0.4, 0.5) is 0 Å². The second kappa shape index (κ2) is 439. The van der Waals surface area contributed by atoms with Crippen molar-refractivity contribution < 1.29 is 60.3 Å². The van der Waals surface area contributed by atoms with Crippen LogP contribution in [-0.4, -0.2) is 111 Å². The van der Waals surface area contributed by atoms with Crippen LogP contribution in [0.2, 0.25) is 0 Å². The molecule has 0 aliphatic carbocycles. The van der Waals surface area contributed by atoms with Crippen molar-refractivity contribution in [2.24, 2.45) is 0 Å². The van der Waals surface area contributed by atoms with Crippen molar-refractivity contribution in [2.75, 3.05) is 0 Å². The van der Waals surface area contributed by atoms with Gasteiger partial charge in [-0.2, -0.15) is 0 Å². The second-order valence-electron chi connectivity index (χ2n) is 0. The molecule has 19 heavy (non-hydrogen) atoms. The second-order valence-corrected chi connectivity index (χ2v) is 0. The Morgan fingerprint density at radius 2 is 0.211 bits per heavy atom. The van der Waals surface area contributed by atoms with E-state index < -0.39 is 0 Å². The Balaban J connectivity index is 0. The van der Waals surface area contributed by atoms with E-state index in [9.17, 15) is 0 Å². The Bertz CT molecular complexity index is 33.2. The molecule has 0 atom stereocenters. The van der Waals surface area contributed by atoms with Gasteiger partial charge in [0, 0.05) is 0 Å². The number of hydrogen-bond donors (Lipinski definition) is 0. The van der Waals surface area contributed by atoms with Crippen molar-refractivity contribution in [3.8, 4) is 0 Å². The van der Waals surface area contributed by atoms with E-state index in [1.165, 1.54) is 0 Å². The van der Waals surface area contributed by atoms with E-state index in [0.717, 1.165) is 0 Å². The van der Waals surface area contributed by atoms with Crippen molar-refractivity contribution in [3.05, 3.63) is 61.5 Å². The van der Waals surface area contributed by atoms with Crippen LogP contribution in [-0.2, 0) is 60.3 Å². The van der Waals surface area contributed by atoms with Gasteiger partial charge in [-0.05, 0) is 0 Å². The Morgan fingerprint density at radius 1 is 0.211 bits per heavy atom. The normalized spacial score (nSPS) is 0. The van der Waals surface area contributed by atoms with Crippen LogP contribution in [0.5, 0.6) is 0 Å². The Hall–Kier alpha value is 5.05. The minimum absolute atomic E-state index is 0. The molecule has 0 unspecified atom stereocenters. The van der Waals surface area contributed by atoms with E-state index in [1.54, 1.807) is 0 Å². The molecule has 10 nitrogen and oxygen atoms in total. The zero-order valence-electron chi connectivity index (χ0n) is 8.94. The molecule has 0 aliphatic heterocycles. The topological polar surface area (TPSA) is 305 Å².